The van der Waals surface area contributed by atoms with Gasteiger partial charge in [0.25, 0.3) is 0 Å². The fourth-order valence-corrected chi connectivity index (χ4v) is 4.76. The number of hydrogen-bond donors (Lipinski definition) is 2. The quantitative estimate of drug-likeness (QED) is 0.513. The third-order valence-electron chi connectivity index (χ3n) is 4.08. The van der Waals surface area contributed by atoms with Crippen LogP contribution in [0.25, 0.3) is 11.2 Å². The van der Waals surface area contributed by atoms with Crippen molar-refractivity contribution in [1.29, 1.82) is 0 Å². The summed E-state index contributed by atoms with van der Waals surface area (Å²) in [6.45, 7) is 1.55. The monoisotopic (exact) mass is 362 g/mol. The predicted molar refractivity (Wildman–Crippen MR) is 107 cm³/mol. The molecule has 0 amide bonds. The highest BCUT2D eigenvalue weighted by molar-refractivity contribution is 7.71. The Morgan fingerprint density at radius 1 is 0.885 bits per heavy atom. The van der Waals surface area contributed by atoms with Crippen LogP contribution in [-0.2, 0) is 6.54 Å². The molecule has 0 unspecified atom stereocenters. The minimum absolute atomic E-state index is 0.414. The third-order valence-corrected chi connectivity index (χ3v) is 6.25. The van der Waals surface area contributed by atoms with Crippen LogP contribution in [0.5, 0.6) is 0 Å². The predicted octanol–water partition coefficient (Wildman–Crippen LogP) is 2.05. The second-order valence-electron chi connectivity index (χ2n) is 5.78. The molecule has 0 aliphatic rings. The average Bonchev–Trinajstić information content (AvgIpc) is 3.11. The molecule has 0 spiro atoms. The molecular weight excluding hydrogens is 343 g/mol. The smallest absolute Gasteiger partial charge is 0.165 e. The fraction of sp³-hybridized carbons (Fsp3) is 0.105. The molecule has 7 heteroatoms. The van der Waals surface area contributed by atoms with Crippen molar-refractivity contribution in [3.8, 4) is 0 Å². The number of hydrogen-bond acceptors (Lipinski definition) is 5. The molecular formula is C19H19N6P. The van der Waals surface area contributed by atoms with E-state index < -0.39 is 8.07 Å². The summed E-state index contributed by atoms with van der Waals surface area (Å²) >= 11 is 0. The molecule has 2 heterocycles. The molecule has 0 atom stereocenters. The van der Waals surface area contributed by atoms with Crippen molar-refractivity contribution in [2.45, 2.75) is 6.54 Å². The standard InChI is InChI=1S/C19H19N6P/c20-18-17-19(22-13-21-18)25(14-23-17)12-11-24-26(15-7-3-1-4-8-15)16-9-5-2-6-10-16/h1-10,13-14,24H,11-12H2,(H2,20,21,22). The van der Waals surface area contributed by atoms with Crippen LogP contribution < -0.4 is 21.4 Å². The minimum atomic E-state index is -0.623. The molecule has 130 valence electrons. The van der Waals surface area contributed by atoms with Gasteiger partial charge >= 0.3 is 0 Å². The largest absolute Gasteiger partial charge is 0.382 e. The Kier molecular flexibility index (Phi) is 4.86. The number of nitrogens with one attached hydrogen (secondary N) is 1. The van der Waals surface area contributed by atoms with Gasteiger partial charge in [0.15, 0.2) is 11.5 Å². The Balaban J connectivity index is 1.52. The van der Waals surface area contributed by atoms with Crippen LogP contribution >= 0.6 is 8.07 Å². The first-order valence-corrected chi connectivity index (χ1v) is 9.72. The summed E-state index contributed by atoms with van der Waals surface area (Å²) < 4.78 is 2.00. The SMILES string of the molecule is Nc1ncnc2c1ncn2CCNP(c1ccccc1)c1ccccc1. The Bertz CT molecular complexity index is 947. The molecule has 2 aromatic carbocycles. The Morgan fingerprint density at radius 2 is 1.54 bits per heavy atom. The fourth-order valence-electron chi connectivity index (χ4n) is 2.83. The van der Waals surface area contributed by atoms with E-state index in [4.69, 9.17) is 5.73 Å². The lowest BCUT2D eigenvalue weighted by Gasteiger charge is -2.20. The number of nitrogens with two attached hydrogens (primary N) is 1. The first kappa shape index (κ1) is 16.6. The Morgan fingerprint density at radius 3 is 2.19 bits per heavy atom. The van der Waals surface area contributed by atoms with E-state index in [1.165, 1.54) is 16.9 Å². The molecule has 26 heavy (non-hydrogen) atoms. The van der Waals surface area contributed by atoms with Gasteiger partial charge in [0, 0.05) is 21.2 Å². The van der Waals surface area contributed by atoms with Crippen molar-refractivity contribution in [3.05, 3.63) is 73.3 Å². The van der Waals surface area contributed by atoms with Gasteiger partial charge in [0.05, 0.1) is 6.33 Å². The molecule has 0 saturated carbocycles. The molecule has 0 aliphatic heterocycles. The summed E-state index contributed by atoms with van der Waals surface area (Å²) in [6, 6.07) is 21.1. The van der Waals surface area contributed by atoms with Gasteiger partial charge in [-0.15, -0.1) is 0 Å². The van der Waals surface area contributed by atoms with Gasteiger partial charge in [-0.3, -0.25) is 5.09 Å². The van der Waals surface area contributed by atoms with E-state index in [0.29, 0.717) is 11.3 Å². The third kappa shape index (κ3) is 3.43. The van der Waals surface area contributed by atoms with Crippen LogP contribution in [0.3, 0.4) is 0 Å². The first-order valence-electron chi connectivity index (χ1n) is 8.38. The summed E-state index contributed by atoms with van der Waals surface area (Å²) in [5.74, 6) is 0.414. The number of anilines is 1. The summed E-state index contributed by atoms with van der Waals surface area (Å²) in [5, 5.41) is 6.31. The molecule has 0 aliphatic carbocycles. The second-order valence-corrected chi connectivity index (χ2v) is 7.80. The number of nitrogens with zero attached hydrogens (tertiary/aromatic N) is 4. The molecule has 0 bridgehead atoms. The first-order chi connectivity index (χ1) is 12.8. The van der Waals surface area contributed by atoms with E-state index in [1.54, 1.807) is 6.33 Å². The number of benzene rings is 2. The summed E-state index contributed by atoms with van der Waals surface area (Å²) in [7, 11) is -0.623. The lowest BCUT2D eigenvalue weighted by molar-refractivity contribution is 0.697. The highest BCUT2D eigenvalue weighted by Gasteiger charge is 2.13. The maximum absolute atomic E-state index is 5.86. The zero-order valence-corrected chi connectivity index (χ0v) is 15.1. The zero-order chi connectivity index (χ0) is 17.8. The topological polar surface area (TPSA) is 81.7 Å². The average molecular weight is 362 g/mol. The van der Waals surface area contributed by atoms with Gasteiger partial charge in [-0.1, -0.05) is 60.7 Å². The van der Waals surface area contributed by atoms with Gasteiger partial charge in [-0.25, -0.2) is 15.0 Å². The minimum Gasteiger partial charge on any atom is -0.382 e. The highest BCUT2D eigenvalue weighted by Crippen LogP contribution is 2.28. The van der Waals surface area contributed by atoms with E-state index in [9.17, 15) is 0 Å². The highest BCUT2D eigenvalue weighted by atomic mass is 31.1. The van der Waals surface area contributed by atoms with Crippen LogP contribution in [0.4, 0.5) is 5.82 Å². The molecule has 0 fully saturated rings. The van der Waals surface area contributed by atoms with E-state index in [0.717, 1.165) is 18.7 Å². The van der Waals surface area contributed by atoms with Gasteiger partial charge in [0.2, 0.25) is 0 Å². The van der Waals surface area contributed by atoms with Crippen LogP contribution in [0.15, 0.2) is 73.3 Å². The van der Waals surface area contributed by atoms with Crippen molar-refractivity contribution in [2.24, 2.45) is 0 Å². The van der Waals surface area contributed by atoms with Crippen molar-refractivity contribution in [1.82, 2.24) is 24.6 Å². The van der Waals surface area contributed by atoms with E-state index >= 15 is 0 Å². The van der Waals surface area contributed by atoms with Crippen LogP contribution in [0.1, 0.15) is 0 Å². The normalized spacial score (nSPS) is 11.3. The Hall–Kier alpha value is -2.82. The lowest BCUT2D eigenvalue weighted by Crippen LogP contribution is -2.26. The Labute approximate surface area is 152 Å². The summed E-state index contributed by atoms with van der Waals surface area (Å²) in [6.07, 6.45) is 3.24. The van der Waals surface area contributed by atoms with E-state index in [2.05, 4.69) is 68.6 Å². The molecule has 4 rings (SSSR count). The molecule has 6 nitrogen and oxygen atoms in total. The number of fused-ring (bicyclic) bond motifs is 1. The molecule has 0 saturated heterocycles. The number of rotatable bonds is 6. The van der Waals surface area contributed by atoms with E-state index in [1.807, 2.05) is 16.7 Å². The van der Waals surface area contributed by atoms with Crippen LogP contribution in [-0.4, -0.2) is 26.1 Å². The molecule has 0 radical (unpaired) electrons. The van der Waals surface area contributed by atoms with Crippen molar-refractivity contribution in [3.63, 3.8) is 0 Å². The molecule has 2 aromatic heterocycles. The second kappa shape index (κ2) is 7.60. The summed E-state index contributed by atoms with van der Waals surface area (Å²) in [4.78, 5) is 12.6. The van der Waals surface area contributed by atoms with Crippen molar-refractivity contribution in [2.75, 3.05) is 12.3 Å². The van der Waals surface area contributed by atoms with Crippen LogP contribution in [0, 0.1) is 0 Å². The van der Waals surface area contributed by atoms with E-state index in [-0.39, 0.29) is 0 Å². The number of imidazole rings is 1. The molecule has 3 N–H and O–H groups in total. The molecule has 4 aromatic rings. The van der Waals surface area contributed by atoms with Gasteiger partial charge in [0.1, 0.15) is 11.8 Å². The maximum Gasteiger partial charge on any atom is 0.165 e. The van der Waals surface area contributed by atoms with Crippen LogP contribution in [0.2, 0.25) is 0 Å². The van der Waals surface area contributed by atoms with Crippen molar-refractivity contribution < 1.29 is 0 Å². The maximum atomic E-state index is 5.86. The zero-order valence-electron chi connectivity index (χ0n) is 14.2. The van der Waals surface area contributed by atoms with Gasteiger partial charge in [-0.05, 0) is 10.6 Å². The number of aromatic nitrogens is 4. The lowest BCUT2D eigenvalue weighted by atomic mass is 10.4. The number of nitrogen functional groups attached to an aromatic ring is 1. The summed E-state index contributed by atoms with van der Waals surface area (Å²) in [5.41, 5.74) is 7.28. The van der Waals surface area contributed by atoms with Gasteiger partial charge < -0.3 is 10.3 Å². The van der Waals surface area contributed by atoms with Crippen molar-refractivity contribution >= 4 is 35.7 Å². The van der Waals surface area contributed by atoms with Gasteiger partial charge in [-0.2, -0.15) is 0 Å².